The molecule has 35 heavy (non-hydrogen) atoms. The van der Waals surface area contributed by atoms with Crippen molar-refractivity contribution in [2.75, 3.05) is 6.54 Å². The molecule has 0 aromatic carbocycles. The Kier molecular flexibility index (Phi) is 20.0. The molecule has 0 saturated carbocycles. The predicted octanol–water partition coefficient (Wildman–Crippen LogP) is 6.64. The van der Waals surface area contributed by atoms with Crippen molar-refractivity contribution in [3.63, 3.8) is 0 Å². The van der Waals surface area contributed by atoms with Crippen LogP contribution in [-0.4, -0.2) is 24.4 Å². The first-order valence-corrected chi connectivity index (χ1v) is 14.6. The highest BCUT2D eigenvalue weighted by atomic mass is 16.2. The van der Waals surface area contributed by atoms with E-state index in [1.165, 1.54) is 83.5 Å². The fourth-order valence-electron chi connectivity index (χ4n) is 4.40. The molecule has 1 aromatic rings. The number of unbranched alkanes of at least 4 members (excludes halogenated alkanes) is 15. The van der Waals surface area contributed by atoms with Gasteiger partial charge in [0.2, 0.25) is 11.8 Å². The standard InChI is InChI=1S/C30H53N3O2/c1-3-4-5-6-7-8-9-10-11-12-13-14-15-19-24-31-30(35)28(2)32-29(34)23-18-16-20-25-33-26-21-17-22-27-33/h17,21-22,26-28H,3-16,18-20,23-25H2,1-2H3,(H-,31,32,34,35)/p+1/t28-/m0/s1. The fraction of sp³-hybridized carbons (Fsp3) is 0.767. The minimum absolute atomic E-state index is 0.0310. The third-order valence-electron chi connectivity index (χ3n) is 6.70. The maximum absolute atomic E-state index is 12.2. The van der Waals surface area contributed by atoms with E-state index in [0.717, 1.165) is 32.2 Å². The van der Waals surface area contributed by atoms with Crippen LogP contribution in [-0.2, 0) is 16.1 Å². The summed E-state index contributed by atoms with van der Waals surface area (Å²) in [6.07, 6.45) is 26.2. The molecule has 0 unspecified atom stereocenters. The number of carbonyl (C=O) groups is 2. The molecule has 0 radical (unpaired) electrons. The van der Waals surface area contributed by atoms with E-state index in [0.29, 0.717) is 13.0 Å². The van der Waals surface area contributed by atoms with Crippen molar-refractivity contribution >= 4 is 11.8 Å². The number of rotatable bonds is 23. The van der Waals surface area contributed by atoms with E-state index in [-0.39, 0.29) is 11.8 Å². The van der Waals surface area contributed by atoms with Gasteiger partial charge in [-0.3, -0.25) is 9.59 Å². The average Bonchev–Trinajstić information content (AvgIpc) is 2.86. The first kappa shape index (κ1) is 31.1. The minimum atomic E-state index is -0.464. The Labute approximate surface area is 215 Å². The van der Waals surface area contributed by atoms with Crippen LogP contribution in [0.2, 0.25) is 0 Å². The van der Waals surface area contributed by atoms with E-state index in [9.17, 15) is 9.59 Å². The van der Waals surface area contributed by atoms with Crippen LogP contribution in [0.1, 0.15) is 129 Å². The van der Waals surface area contributed by atoms with Gasteiger partial charge in [-0.2, -0.15) is 0 Å². The Balaban J connectivity index is 1.87. The third-order valence-corrected chi connectivity index (χ3v) is 6.70. The Hall–Kier alpha value is -1.91. The molecule has 0 bridgehead atoms. The molecule has 0 aliphatic carbocycles. The lowest BCUT2D eigenvalue weighted by molar-refractivity contribution is -0.697. The van der Waals surface area contributed by atoms with Gasteiger partial charge in [0.05, 0.1) is 0 Å². The van der Waals surface area contributed by atoms with Crippen molar-refractivity contribution in [1.29, 1.82) is 0 Å². The highest BCUT2D eigenvalue weighted by Gasteiger charge is 2.14. The molecule has 2 amide bonds. The van der Waals surface area contributed by atoms with Crippen LogP contribution in [0.25, 0.3) is 0 Å². The number of carbonyl (C=O) groups excluding carboxylic acids is 2. The van der Waals surface area contributed by atoms with Gasteiger partial charge in [-0.1, -0.05) is 96.5 Å². The number of hydrogen-bond donors (Lipinski definition) is 2. The average molecular weight is 489 g/mol. The van der Waals surface area contributed by atoms with Crippen LogP contribution in [0.4, 0.5) is 0 Å². The van der Waals surface area contributed by atoms with E-state index in [1.807, 2.05) is 18.2 Å². The van der Waals surface area contributed by atoms with Crippen molar-refractivity contribution in [1.82, 2.24) is 10.6 Å². The quantitative estimate of drug-likeness (QED) is 0.134. The molecular formula is C30H54N3O2+. The van der Waals surface area contributed by atoms with Gasteiger partial charge < -0.3 is 10.6 Å². The zero-order valence-electron chi connectivity index (χ0n) is 22.9. The molecular weight excluding hydrogens is 434 g/mol. The summed E-state index contributed by atoms with van der Waals surface area (Å²) >= 11 is 0. The van der Waals surface area contributed by atoms with Crippen molar-refractivity contribution in [3.05, 3.63) is 30.6 Å². The van der Waals surface area contributed by atoms with Gasteiger partial charge in [0.1, 0.15) is 12.6 Å². The van der Waals surface area contributed by atoms with Gasteiger partial charge in [0.15, 0.2) is 12.4 Å². The summed E-state index contributed by atoms with van der Waals surface area (Å²) in [6.45, 7) is 5.72. The number of aromatic nitrogens is 1. The first-order valence-electron chi connectivity index (χ1n) is 14.6. The monoisotopic (exact) mass is 488 g/mol. The van der Waals surface area contributed by atoms with Gasteiger partial charge in [-0.25, -0.2) is 4.57 Å². The number of pyridine rings is 1. The lowest BCUT2D eigenvalue weighted by Gasteiger charge is -2.14. The maximum atomic E-state index is 12.2. The Bertz CT molecular complexity index is 636. The van der Waals surface area contributed by atoms with Crippen LogP contribution < -0.4 is 15.2 Å². The molecule has 1 aromatic heterocycles. The predicted molar refractivity (Wildman–Crippen MR) is 146 cm³/mol. The van der Waals surface area contributed by atoms with Gasteiger partial charge in [-0.15, -0.1) is 0 Å². The zero-order chi connectivity index (χ0) is 25.4. The van der Waals surface area contributed by atoms with Crippen molar-refractivity contribution in [3.8, 4) is 0 Å². The molecule has 5 heteroatoms. The topological polar surface area (TPSA) is 62.1 Å². The van der Waals surface area contributed by atoms with Crippen LogP contribution >= 0.6 is 0 Å². The molecule has 1 atom stereocenters. The summed E-state index contributed by atoms with van der Waals surface area (Å²) in [4.78, 5) is 24.3. The summed E-state index contributed by atoms with van der Waals surface area (Å²) < 4.78 is 2.16. The zero-order valence-corrected chi connectivity index (χ0v) is 22.9. The van der Waals surface area contributed by atoms with Gasteiger partial charge in [0.25, 0.3) is 0 Å². The molecule has 0 aliphatic rings. The van der Waals surface area contributed by atoms with Crippen LogP contribution in [0, 0.1) is 0 Å². The lowest BCUT2D eigenvalue weighted by Crippen LogP contribution is -2.45. The van der Waals surface area contributed by atoms with Gasteiger partial charge in [0, 0.05) is 31.5 Å². The molecule has 2 N–H and O–H groups in total. The van der Waals surface area contributed by atoms with Crippen molar-refractivity contribution < 1.29 is 14.2 Å². The number of aryl methyl sites for hydroxylation is 1. The smallest absolute Gasteiger partial charge is 0.242 e. The van der Waals surface area contributed by atoms with E-state index in [1.54, 1.807) is 6.92 Å². The van der Waals surface area contributed by atoms with Crippen LogP contribution in [0.5, 0.6) is 0 Å². The van der Waals surface area contributed by atoms with Crippen LogP contribution in [0.15, 0.2) is 30.6 Å². The summed E-state index contributed by atoms with van der Waals surface area (Å²) in [5.41, 5.74) is 0. The summed E-state index contributed by atoms with van der Waals surface area (Å²) in [7, 11) is 0. The third kappa shape index (κ3) is 19.0. The van der Waals surface area contributed by atoms with E-state index >= 15 is 0 Å². The molecule has 0 fully saturated rings. The van der Waals surface area contributed by atoms with E-state index in [2.05, 4.69) is 34.5 Å². The SMILES string of the molecule is CCCCCCCCCCCCCCCCNC(=O)[C@H](C)NC(=O)CCCCC[n+]1ccccc1. The van der Waals surface area contributed by atoms with Crippen molar-refractivity contribution in [2.24, 2.45) is 0 Å². The molecule has 0 aliphatic heterocycles. The molecule has 1 heterocycles. The first-order chi connectivity index (χ1) is 17.1. The summed E-state index contributed by atoms with van der Waals surface area (Å²) in [5, 5.41) is 5.80. The van der Waals surface area contributed by atoms with Gasteiger partial charge in [-0.05, 0) is 26.2 Å². The molecule has 0 spiro atoms. The van der Waals surface area contributed by atoms with Crippen molar-refractivity contribution in [2.45, 2.75) is 142 Å². The second kappa shape index (κ2) is 22.5. The number of nitrogens with one attached hydrogen (secondary N) is 2. The van der Waals surface area contributed by atoms with Crippen LogP contribution in [0.3, 0.4) is 0 Å². The molecule has 5 nitrogen and oxygen atoms in total. The molecule has 200 valence electrons. The van der Waals surface area contributed by atoms with Gasteiger partial charge >= 0.3 is 0 Å². The fourth-order valence-corrected chi connectivity index (χ4v) is 4.40. The Morgan fingerprint density at radius 3 is 1.77 bits per heavy atom. The van der Waals surface area contributed by atoms with E-state index < -0.39 is 6.04 Å². The number of amides is 2. The summed E-state index contributed by atoms with van der Waals surface area (Å²) in [5.74, 6) is -0.106. The number of hydrogen-bond acceptors (Lipinski definition) is 2. The van der Waals surface area contributed by atoms with E-state index in [4.69, 9.17) is 0 Å². The minimum Gasteiger partial charge on any atom is -0.354 e. The second-order valence-corrected chi connectivity index (χ2v) is 10.1. The number of nitrogens with zero attached hydrogens (tertiary/aromatic N) is 1. The highest BCUT2D eigenvalue weighted by Crippen LogP contribution is 2.12. The highest BCUT2D eigenvalue weighted by molar-refractivity contribution is 5.87. The summed E-state index contributed by atoms with van der Waals surface area (Å²) in [6, 6.07) is 5.60. The normalized spacial score (nSPS) is 11.8. The maximum Gasteiger partial charge on any atom is 0.242 e. The Morgan fingerprint density at radius 1 is 0.686 bits per heavy atom. The molecule has 0 saturated heterocycles. The molecule has 1 rings (SSSR count). The lowest BCUT2D eigenvalue weighted by atomic mass is 10.0. The largest absolute Gasteiger partial charge is 0.354 e. The second-order valence-electron chi connectivity index (χ2n) is 10.1. The Morgan fingerprint density at radius 2 is 1.20 bits per heavy atom.